The van der Waals surface area contributed by atoms with Gasteiger partial charge in [-0.15, -0.1) is 0 Å². The van der Waals surface area contributed by atoms with Crippen LogP contribution in [0, 0.1) is 0 Å². The Morgan fingerprint density at radius 2 is 1.18 bits per heavy atom. The van der Waals surface area contributed by atoms with Gasteiger partial charge >= 0.3 is 0 Å². The number of amides is 1. The number of carbonyl (C=O) groups excluding carboxylic acids is 1. The highest BCUT2D eigenvalue weighted by Gasteiger charge is 2.22. The van der Waals surface area contributed by atoms with Crippen LogP contribution in [-0.4, -0.2) is 75.1 Å². The molecule has 1 amide bonds. The van der Waals surface area contributed by atoms with Gasteiger partial charge in [-0.25, -0.2) is 0 Å². The predicted molar refractivity (Wildman–Crippen MR) is 116 cm³/mol. The molecule has 2 saturated heterocycles. The Labute approximate surface area is 172 Å². The molecule has 0 radical (unpaired) electrons. The number of hydrogen-bond donors (Lipinski definition) is 0. The molecule has 6 heteroatoms. The van der Waals surface area contributed by atoms with Crippen molar-refractivity contribution in [1.82, 2.24) is 9.80 Å². The highest BCUT2D eigenvalue weighted by molar-refractivity contribution is 6.30. The van der Waals surface area contributed by atoms with Crippen LogP contribution in [0.3, 0.4) is 0 Å². The van der Waals surface area contributed by atoms with Crippen LogP contribution in [0.4, 0.5) is 11.4 Å². The number of nitrogens with zero attached hydrogens (tertiary/aromatic N) is 4. The molecule has 2 heterocycles. The third-order valence-corrected chi connectivity index (χ3v) is 5.99. The summed E-state index contributed by atoms with van der Waals surface area (Å²) < 4.78 is 0. The molecule has 2 aliphatic rings. The van der Waals surface area contributed by atoms with Crippen molar-refractivity contribution in [1.29, 1.82) is 0 Å². The SMILES string of the molecule is CN1CCN(c2ccc(N3CCN(C(=O)c4ccc(Cl)cc4)CC3)cc2)CC1. The molecule has 4 rings (SSSR count). The number of anilines is 2. The Balaban J connectivity index is 1.33. The second-order valence-corrected chi connectivity index (χ2v) is 8.03. The zero-order chi connectivity index (χ0) is 19.5. The van der Waals surface area contributed by atoms with Gasteiger partial charge in [-0.2, -0.15) is 0 Å². The minimum Gasteiger partial charge on any atom is -0.369 e. The minimum atomic E-state index is 0.0849. The van der Waals surface area contributed by atoms with E-state index < -0.39 is 0 Å². The van der Waals surface area contributed by atoms with Gasteiger partial charge in [0.05, 0.1) is 0 Å². The quantitative estimate of drug-likeness (QED) is 0.794. The molecule has 2 aromatic carbocycles. The van der Waals surface area contributed by atoms with E-state index in [1.165, 1.54) is 11.4 Å². The lowest BCUT2D eigenvalue weighted by atomic mass is 10.1. The third kappa shape index (κ3) is 4.26. The van der Waals surface area contributed by atoms with Gasteiger partial charge in [0.25, 0.3) is 5.91 Å². The Hall–Kier alpha value is -2.24. The standard InChI is InChI=1S/C22H27ClN4O/c1-24-10-12-25(13-11-24)20-6-8-21(9-7-20)26-14-16-27(17-15-26)22(28)18-2-4-19(23)5-3-18/h2-9H,10-17H2,1H3. The summed E-state index contributed by atoms with van der Waals surface area (Å²) in [6.07, 6.45) is 0. The van der Waals surface area contributed by atoms with Crippen molar-refractivity contribution in [2.75, 3.05) is 69.2 Å². The van der Waals surface area contributed by atoms with Gasteiger partial charge in [0, 0.05) is 74.3 Å². The first-order valence-electron chi connectivity index (χ1n) is 9.93. The minimum absolute atomic E-state index is 0.0849. The molecule has 0 bridgehead atoms. The molecule has 5 nitrogen and oxygen atoms in total. The van der Waals surface area contributed by atoms with E-state index in [9.17, 15) is 4.79 Å². The molecule has 0 aliphatic carbocycles. The summed E-state index contributed by atoms with van der Waals surface area (Å²) in [7, 11) is 2.18. The van der Waals surface area contributed by atoms with Crippen molar-refractivity contribution in [3.63, 3.8) is 0 Å². The first kappa shape index (κ1) is 19.1. The van der Waals surface area contributed by atoms with E-state index in [0.29, 0.717) is 10.6 Å². The number of rotatable bonds is 3. The number of carbonyl (C=O) groups is 1. The van der Waals surface area contributed by atoms with Gasteiger partial charge < -0.3 is 19.6 Å². The maximum atomic E-state index is 12.7. The summed E-state index contributed by atoms with van der Waals surface area (Å²) in [5.74, 6) is 0.0849. The lowest BCUT2D eigenvalue weighted by Gasteiger charge is -2.37. The van der Waals surface area contributed by atoms with E-state index in [2.05, 4.69) is 46.0 Å². The number of likely N-dealkylation sites (N-methyl/N-ethyl adjacent to an activating group) is 1. The molecule has 0 aromatic heterocycles. The van der Waals surface area contributed by atoms with Crippen LogP contribution in [0.2, 0.25) is 5.02 Å². The molecule has 0 atom stereocenters. The average Bonchev–Trinajstić information content (AvgIpc) is 2.75. The molecule has 28 heavy (non-hydrogen) atoms. The van der Waals surface area contributed by atoms with Gasteiger partial charge in [-0.05, 0) is 55.6 Å². The fourth-order valence-electron chi connectivity index (χ4n) is 3.88. The fourth-order valence-corrected chi connectivity index (χ4v) is 4.01. The maximum Gasteiger partial charge on any atom is 0.253 e. The van der Waals surface area contributed by atoms with Gasteiger partial charge in [0.15, 0.2) is 0 Å². The summed E-state index contributed by atoms with van der Waals surface area (Å²) >= 11 is 5.92. The molecule has 0 N–H and O–H groups in total. The average molecular weight is 399 g/mol. The summed E-state index contributed by atoms with van der Waals surface area (Å²) in [6.45, 7) is 7.59. The van der Waals surface area contributed by atoms with E-state index >= 15 is 0 Å². The van der Waals surface area contributed by atoms with Gasteiger partial charge in [0.2, 0.25) is 0 Å². The van der Waals surface area contributed by atoms with Crippen molar-refractivity contribution in [2.24, 2.45) is 0 Å². The highest BCUT2D eigenvalue weighted by Crippen LogP contribution is 2.23. The summed E-state index contributed by atoms with van der Waals surface area (Å²) in [6, 6.07) is 16.0. The zero-order valence-electron chi connectivity index (χ0n) is 16.4. The van der Waals surface area contributed by atoms with Crippen molar-refractivity contribution in [3.05, 3.63) is 59.1 Å². The first-order valence-corrected chi connectivity index (χ1v) is 10.3. The van der Waals surface area contributed by atoms with E-state index in [4.69, 9.17) is 11.6 Å². The smallest absolute Gasteiger partial charge is 0.253 e. The Kier molecular flexibility index (Phi) is 5.74. The van der Waals surface area contributed by atoms with Crippen LogP contribution in [-0.2, 0) is 0 Å². The van der Waals surface area contributed by atoms with Gasteiger partial charge in [-0.1, -0.05) is 11.6 Å². The topological polar surface area (TPSA) is 30.0 Å². The molecule has 0 unspecified atom stereocenters. The van der Waals surface area contributed by atoms with Gasteiger partial charge in [0.1, 0.15) is 0 Å². The Bertz CT molecular complexity index is 792. The molecule has 0 spiro atoms. The molecular weight excluding hydrogens is 372 g/mol. The fraction of sp³-hybridized carbons (Fsp3) is 0.409. The molecule has 2 aliphatic heterocycles. The maximum absolute atomic E-state index is 12.7. The lowest BCUT2D eigenvalue weighted by Crippen LogP contribution is -2.48. The number of hydrogen-bond acceptors (Lipinski definition) is 4. The summed E-state index contributed by atoms with van der Waals surface area (Å²) in [5, 5.41) is 0.654. The number of halogens is 1. The summed E-state index contributed by atoms with van der Waals surface area (Å²) in [5.41, 5.74) is 3.24. The van der Waals surface area contributed by atoms with Crippen molar-refractivity contribution in [2.45, 2.75) is 0 Å². The van der Waals surface area contributed by atoms with Crippen LogP contribution < -0.4 is 9.80 Å². The molecule has 2 aromatic rings. The van der Waals surface area contributed by atoms with Crippen molar-refractivity contribution < 1.29 is 4.79 Å². The van der Waals surface area contributed by atoms with Crippen LogP contribution in [0.1, 0.15) is 10.4 Å². The van der Waals surface area contributed by atoms with E-state index in [1.54, 1.807) is 24.3 Å². The van der Waals surface area contributed by atoms with Crippen LogP contribution in [0.25, 0.3) is 0 Å². The monoisotopic (exact) mass is 398 g/mol. The Morgan fingerprint density at radius 3 is 1.68 bits per heavy atom. The second kappa shape index (κ2) is 8.41. The number of benzene rings is 2. The molecule has 2 fully saturated rings. The van der Waals surface area contributed by atoms with Crippen molar-refractivity contribution >= 4 is 28.9 Å². The van der Waals surface area contributed by atoms with Gasteiger partial charge in [-0.3, -0.25) is 4.79 Å². The van der Waals surface area contributed by atoms with E-state index in [-0.39, 0.29) is 5.91 Å². The first-order chi connectivity index (χ1) is 13.6. The largest absolute Gasteiger partial charge is 0.369 e. The molecule has 0 saturated carbocycles. The zero-order valence-corrected chi connectivity index (χ0v) is 17.1. The lowest BCUT2D eigenvalue weighted by molar-refractivity contribution is 0.0747. The van der Waals surface area contributed by atoms with E-state index in [0.717, 1.165) is 52.4 Å². The molecule has 148 valence electrons. The van der Waals surface area contributed by atoms with Crippen LogP contribution >= 0.6 is 11.6 Å². The second-order valence-electron chi connectivity index (χ2n) is 7.59. The molecular formula is C22H27ClN4O. The van der Waals surface area contributed by atoms with Crippen LogP contribution in [0.5, 0.6) is 0 Å². The van der Waals surface area contributed by atoms with Crippen molar-refractivity contribution in [3.8, 4) is 0 Å². The van der Waals surface area contributed by atoms with E-state index in [1.807, 2.05) is 4.90 Å². The normalized spacial score (nSPS) is 18.4. The highest BCUT2D eigenvalue weighted by atomic mass is 35.5. The van der Waals surface area contributed by atoms with Crippen LogP contribution in [0.15, 0.2) is 48.5 Å². The predicted octanol–water partition coefficient (Wildman–Crippen LogP) is 3.05. The summed E-state index contributed by atoms with van der Waals surface area (Å²) in [4.78, 5) is 21.8. The third-order valence-electron chi connectivity index (χ3n) is 5.74. The number of piperazine rings is 2. The Morgan fingerprint density at radius 1 is 0.714 bits per heavy atom.